The van der Waals surface area contributed by atoms with Crippen LogP contribution in [0.5, 0.6) is 5.75 Å². The average molecular weight is 397 g/mol. The summed E-state index contributed by atoms with van der Waals surface area (Å²) in [6, 6.07) is 7.57. The molecule has 9 heteroatoms. The fourth-order valence-corrected chi connectivity index (χ4v) is 3.78. The van der Waals surface area contributed by atoms with Gasteiger partial charge in [0.15, 0.2) is 11.2 Å². The Hall–Kier alpha value is -3.33. The fraction of sp³-hybridized carbons (Fsp3) is 0.350. The number of nitrogens with zero attached hydrogens (tertiary/aromatic N) is 5. The lowest BCUT2D eigenvalue weighted by Gasteiger charge is -2.11. The number of hydrogen-bond acceptors (Lipinski definition) is 5. The van der Waals surface area contributed by atoms with Crippen molar-refractivity contribution in [1.82, 2.24) is 23.1 Å². The molecule has 1 aromatic carbocycles. The summed E-state index contributed by atoms with van der Waals surface area (Å²) in [6.07, 6.45) is 0.322. The molecule has 4 rings (SSSR count). The van der Waals surface area contributed by atoms with E-state index in [1.165, 1.54) is 4.57 Å². The van der Waals surface area contributed by atoms with Gasteiger partial charge < -0.3 is 9.84 Å². The lowest BCUT2D eigenvalue weighted by Crippen LogP contribution is -2.39. The minimum absolute atomic E-state index is 0.0994. The largest absolute Gasteiger partial charge is 0.495 e. The second-order valence-electron chi connectivity index (χ2n) is 6.97. The van der Waals surface area contributed by atoms with Gasteiger partial charge in [-0.1, -0.05) is 12.1 Å². The van der Waals surface area contributed by atoms with E-state index in [-0.39, 0.29) is 13.2 Å². The topological polar surface area (TPSA) is 95.7 Å². The quantitative estimate of drug-likeness (QED) is 0.545. The number of aliphatic hydroxyl groups is 1. The lowest BCUT2D eigenvalue weighted by atomic mass is 10.2. The van der Waals surface area contributed by atoms with Crippen LogP contribution in [0.1, 0.15) is 17.8 Å². The Morgan fingerprint density at radius 1 is 1.14 bits per heavy atom. The summed E-state index contributed by atoms with van der Waals surface area (Å²) >= 11 is 0. The van der Waals surface area contributed by atoms with Crippen molar-refractivity contribution in [2.75, 3.05) is 13.7 Å². The Morgan fingerprint density at radius 2 is 1.86 bits per heavy atom. The van der Waals surface area contributed by atoms with Gasteiger partial charge in [-0.05, 0) is 32.4 Å². The monoisotopic (exact) mass is 397 g/mol. The standard InChI is InChI=1S/C20H23N5O4/c1-12-13(2)25-16-17(22(3)20(28)23(18(16)27)10-7-11-26)21-19(25)24(12)14-8-5-6-9-15(14)29-4/h5-6,8-9,26H,7,10-11H2,1-4H3. The molecule has 0 aliphatic heterocycles. The van der Waals surface area contributed by atoms with Crippen LogP contribution in [0.2, 0.25) is 0 Å². The average Bonchev–Trinajstić information content (AvgIpc) is 3.22. The van der Waals surface area contributed by atoms with Gasteiger partial charge in [0.1, 0.15) is 5.75 Å². The van der Waals surface area contributed by atoms with Gasteiger partial charge in [-0.2, -0.15) is 4.98 Å². The van der Waals surface area contributed by atoms with Crippen LogP contribution >= 0.6 is 0 Å². The summed E-state index contributed by atoms with van der Waals surface area (Å²) in [4.78, 5) is 30.5. The van der Waals surface area contributed by atoms with Gasteiger partial charge in [-0.3, -0.25) is 22.9 Å². The molecule has 9 nitrogen and oxygen atoms in total. The molecule has 0 fully saturated rings. The van der Waals surface area contributed by atoms with Gasteiger partial charge in [-0.15, -0.1) is 0 Å². The maximum Gasteiger partial charge on any atom is 0.332 e. The Bertz CT molecular complexity index is 1360. The molecule has 3 heterocycles. The Morgan fingerprint density at radius 3 is 2.55 bits per heavy atom. The molecule has 1 N–H and O–H groups in total. The van der Waals surface area contributed by atoms with Crippen LogP contribution in [0, 0.1) is 13.8 Å². The maximum absolute atomic E-state index is 13.2. The smallest absolute Gasteiger partial charge is 0.332 e. The summed E-state index contributed by atoms with van der Waals surface area (Å²) in [5, 5.41) is 9.13. The number of aromatic nitrogens is 5. The highest BCUT2D eigenvalue weighted by Gasteiger charge is 2.24. The maximum atomic E-state index is 13.2. The van der Waals surface area contributed by atoms with Crippen LogP contribution in [0.25, 0.3) is 22.6 Å². The third-order valence-corrected chi connectivity index (χ3v) is 5.38. The number of methoxy groups -OCH3 is 1. The van der Waals surface area contributed by atoms with Crippen LogP contribution in [0.4, 0.5) is 0 Å². The van der Waals surface area contributed by atoms with Crippen molar-refractivity contribution >= 4 is 16.9 Å². The van der Waals surface area contributed by atoms with Crippen molar-refractivity contribution in [3.63, 3.8) is 0 Å². The van der Waals surface area contributed by atoms with Gasteiger partial charge in [0.05, 0.1) is 12.8 Å². The number of benzene rings is 1. The zero-order valence-corrected chi connectivity index (χ0v) is 16.8. The number of para-hydroxylation sites is 2. The van der Waals surface area contributed by atoms with E-state index >= 15 is 0 Å². The first-order chi connectivity index (χ1) is 13.9. The van der Waals surface area contributed by atoms with Crippen LogP contribution < -0.4 is 16.0 Å². The molecule has 4 aromatic rings. The van der Waals surface area contributed by atoms with Crippen molar-refractivity contribution in [1.29, 1.82) is 0 Å². The summed E-state index contributed by atoms with van der Waals surface area (Å²) < 4.78 is 11.8. The van der Waals surface area contributed by atoms with E-state index in [1.807, 2.05) is 42.7 Å². The normalized spacial score (nSPS) is 11.6. The highest BCUT2D eigenvalue weighted by atomic mass is 16.5. The molecular weight excluding hydrogens is 374 g/mol. The Balaban J connectivity index is 2.16. The number of aliphatic hydroxyl groups excluding tert-OH is 1. The molecule has 0 saturated carbocycles. The molecule has 0 amide bonds. The first-order valence-electron chi connectivity index (χ1n) is 9.36. The van der Waals surface area contributed by atoms with Crippen LogP contribution in [0.15, 0.2) is 33.9 Å². The van der Waals surface area contributed by atoms with E-state index < -0.39 is 11.2 Å². The lowest BCUT2D eigenvalue weighted by molar-refractivity contribution is 0.277. The van der Waals surface area contributed by atoms with Gasteiger partial charge in [0.25, 0.3) is 5.56 Å². The molecule has 29 heavy (non-hydrogen) atoms. The number of hydrogen-bond donors (Lipinski definition) is 1. The van der Waals surface area contributed by atoms with Crippen LogP contribution in [-0.2, 0) is 13.6 Å². The molecule has 0 bridgehead atoms. The van der Waals surface area contributed by atoms with E-state index in [4.69, 9.17) is 9.84 Å². The number of aryl methyl sites for hydroxylation is 2. The Kier molecular flexibility index (Phi) is 4.54. The third kappa shape index (κ3) is 2.61. The molecule has 152 valence electrons. The van der Waals surface area contributed by atoms with Crippen molar-refractivity contribution < 1.29 is 9.84 Å². The minimum Gasteiger partial charge on any atom is -0.495 e. The molecular formula is C20H23N5O4. The summed E-state index contributed by atoms with van der Waals surface area (Å²) in [6.45, 7) is 3.92. The highest BCUT2D eigenvalue weighted by Crippen LogP contribution is 2.29. The minimum atomic E-state index is -0.449. The van der Waals surface area contributed by atoms with Crippen LogP contribution in [-0.4, -0.2) is 41.9 Å². The van der Waals surface area contributed by atoms with Gasteiger partial charge in [-0.25, -0.2) is 4.79 Å². The van der Waals surface area contributed by atoms with E-state index in [0.717, 1.165) is 21.6 Å². The summed E-state index contributed by atoms with van der Waals surface area (Å²) in [5.74, 6) is 1.21. The first-order valence-corrected chi connectivity index (χ1v) is 9.36. The number of imidazole rings is 2. The zero-order chi connectivity index (χ0) is 20.9. The van der Waals surface area contributed by atoms with Crippen molar-refractivity contribution in [3.8, 4) is 11.4 Å². The second kappa shape index (κ2) is 6.93. The fourth-order valence-electron chi connectivity index (χ4n) is 3.78. The molecule has 0 atom stereocenters. The number of ether oxygens (including phenoxy) is 1. The molecule has 0 spiro atoms. The van der Waals surface area contributed by atoms with E-state index in [0.29, 0.717) is 29.1 Å². The molecule has 0 radical (unpaired) electrons. The third-order valence-electron chi connectivity index (χ3n) is 5.38. The SMILES string of the molecule is COc1ccccc1-n1c(C)c(C)n2c3c(=O)n(CCCO)c(=O)n(C)c3nc12. The van der Waals surface area contributed by atoms with Gasteiger partial charge >= 0.3 is 5.69 Å². The number of fused-ring (bicyclic) bond motifs is 3. The molecule has 3 aromatic heterocycles. The summed E-state index contributed by atoms with van der Waals surface area (Å²) in [7, 11) is 3.20. The zero-order valence-electron chi connectivity index (χ0n) is 16.8. The van der Waals surface area contributed by atoms with Gasteiger partial charge in [0, 0.05) is 31.6 Å². The van der Waals surface area contributed by atoms with Crippen molar-refractivity contribution in [2.24, 2.45) is 7.05 Å². The predicted molar refractivity (Wildman–Crippen MR) is 109 cm³/mol. The molecule has 0 saturated heterocycles. The number of rotatable bonds is 5. The Labute approximate surface area is 166 Å². The predicted octanol–water partition coefficient (Wildman–Crippen LogP) is 1.15. The first kappa shape index (κ1) is 19.0. The highest BCUT2D eigenvalue weighted by molar-refractivity contribution is 5.77. The molecule has 0 aliphatic carbocycles. The van der Waals surface area contributed by atoms with Crippen molar-refractivity contribution in [3.05, 3.63) is 56.5 Å². The summed E-state index contributed by atoms with van der Waals surface area (Å²) in [5.41, 5.74) is 2.36. The van der Waals surface area contributed by atoms with Crippen molar-refractivity contribution in [2.45, 2.75) is 26.8 Å². The van der Waals surface area contributed by atoms with E-state index in [1.54, 1.807) is 18.6 Å². The molecule has 0 aliphatic rings. The second-order valence-corrected chi connectivity index (χ2v) is 6.97. The van der Waals surface area contributed by atoms with E-state index in [9.17, 15) is 9.59 Å². The van der Waals surface area contributed by atoms with E-state index in [2.05, 4.69) is 4.98 Å². The van der Waals surface area contributed by atoms with Crippen LogP contribution in [0.3, 0.4) is 0 Å². The molecule has 0 unspecified atom stereocenters. The van der Waals surface area contributed by atoms with Gasteiger partial charge in [0.2, 0.25) is 5.78 Å².